The van der Waals surface area contributed by atoms with Crippen molar-refractivity contribution < 1.29 is 4.79 Å². The van der Waals surface area contributed by atoms with Crippen LogP contribution in [-0.4, -0.2) is 35.4 Å². The Kier molecular flexibility index (Phi) is 7.68. The molecule has 1 amide bonds. The third-order valence-corrected chi connectivity index (χ3v) is 7.95. The molecule has 0 radical (unpaired) electrons. The highest BCUT2D eigenvalue weighted by Crippen LogP contribution is 2.45. The number of benzene rings is 2. The largest absolute Gasteiger partial charge is 0.348 e. The minimum absolute atomic E-state index is 0.0134. The van der Waals surface area contributed by atoms with Crippen LogP contribution in [0.15, 0.2) is 48.5 Å². The van der Waals surface area contributed by atoms with Gasteiger partial charge in [0.2, 0.25) is 0 Å². The zero-order valence-corrected chi connectivity index (χ0v) is 17.7. The van der Waals surface area contributed by atoms with Gasteiger partial charge in [-0.05, 0) is 41.9 Å². The fraction of sp³-hybridized carbons (Fsp3) is 0.409. The average Bonchev–Trinajstić information content (AvgIpc) is 3.26. The van der Waals surface area contributed by atoms with E-state index in [0.29, 0.717) is 11.1 Å². The first-order valence-corrected chi connectivity index (χ1v) is 11.7. The van der Waals surface area contributed by atoms with Crippen molar-refractivity contribution in [3.05, 3.63) is 70.8 Å². The van der Waals surface area contributed by atoms with Gasteiger partial charge in [-0.2, -0.15) is 0 Å². The molecule has 0 unspecified atom stereocenters. The Hall–Kier alpha value is -1.43. The van der Waals surface area contributed by atoms with Crippen molar-refractivity contribution in [2.75, 3.05) is 24.6 Å². The van der Waals surface area contributed by atoms with Crippen LogP contribution in [0.1, 0.15) is 45.5 Å². The summed E-state index contributed by atoms with van der Waals surface area (Å²) in [6.07, 6.45) is 0. The summed E-state index contributed by atoms with van der Waals surface area (Å²) in [4.78, 5) is 14.8. The normalized spacial score (nSPS) is 14.6. The van der Waals surface area contributed by atoms with Crippen LogP contribution in [0.25, 0.3) is 0 Å². The summed E-state index contributed by atoms with van der Waals surface area (Å²) in [6.45, 7) is 8.03. The first-order chi connectivity index (χ1) is 13.2. The molecule has 1 N–H and O–H groups in total. The number of thioether (sulfide) groups is 2. The third kappa shape index (κ3) is 5.77. The summed E-state index contributed by atoms with van der Waals surface area (Å²) in [5, 5.41) is 3.03. The van der Waals surface area contributed by atoms with E-state index in [2.05, 4.69) is 60.5 Å². The quantitative estimate of drug-likeness (QED) is 0.680. The lowest BCUT2D eigenvalue weighted by molar-refractivity contribution is 0.0951. The van der Waals surface area contributed by atoms with Crippen molar-refractivity contribution in [3.8, 4) is 0 Å². The molecule has 1 heterocycles. The van der Waals surface area contributed by atoms with E-state index in [1.165, 1.54) is 22.6 Å². The molecule has 5 heteroatoms. The molecule has 1 aliphatic heterocycles. The number of carbonyl (C=O) groups excluding carboxylic acids is 1. The molecular weight excluding hydrogens is 372 g/mol. The Morgan fingerprint density at radius 2 is 1.56 bits per heavy atom. The molecule has 1 saturated heterocycles. The van der Waals surface area contributed by atoms with E-state index < -0.39 is 0 Å². The molecule has 144 valence electrons. The topological polar surface area (TPSA) is 32.3 Å². The van der Waals surface area contributed by atoms with E-state index in [4.69, 9.17) is 0 Å². The maximum Gasteiger partial charge on any atom is 0.251 e. The van der Waals surface area contributed by atoms with E-state index in [1.807, 2.05) is 35.7 Å². The SMILES string of the molecule is CCN(CC)Cc1ccc(CNC(=O)c2ccc(C3SCCS3)cc2)cc1. The lowest BCUT2D eigenvalue weighted by Gasteiger charge is -2.18. The summed E-state index contributed by atoms with van der Waals surface area (Å²) < 4.78 is 0.525. The van der Waals surface area contributed by atoms with Crippen LogP contribution in [-0.2, 0) is 13.1 Å². The van der Waals surface area contributed by atoms with Crippen molar-refractivity contribution in [1.82, 2.24) is 10.2 Å². The Bertz CT molecular complexity index is 721. The van der Waals surface area contributed by atoms with Gasteiger partial charge in [0.15, 0.2) is 0 Å². The highest BCUT2D eigenvalue weighted by molar-refractivity contribution is 8.19. The summed E-state index contributed by atoms with van der Waals surface area (Å²) in [6, 6.07) is 16.6. The van der Waals surface area contributed by atoms with Crippen molar-refractivity contribution in [1.29, 1.82) is 0 Å². The molecule has 0 aromatic heterocycles. The molecule has 2 aromatic rings. The fourth-order valence-electron chi connectivity index (χ4n) is 3.09. The van der Waals surface area contributed by atoms with Crippen LogP contribution in [0, 0.1) is 0 Å². The van der Waals surface area contributed by atoms with E-state index in [9.17, 15) is 4.79 Å². The number of nitrogens with zero attached hydrogens (tertiary/aromatic N) is 1. The first kappa shape index (κ1) is 20.3. The maximum atomic E-state index is 12.4. The number of nitrogens with one attached hydrogen (secondary N) is 1. The van der Waals surface area contributed by atoms with Crippen LogP contribution in [0.2, 0.25) is 0 Å². The molecule has 0 bridgehead atoms. The number of carbonyl (C=O) groups is 1. The summed E-state index contributed by atoms with van der Waals surface area (Å²) >= 11 is 3.97. The number of hydrogen-bond donors (Lipinski definition) is 1. The van der Waals surface area contributed by atoms with Gasteiger partial charge in [-0.3, -0.25) is 9.69 Å². The maximum absolute atomic E-state index is 12.4. The molecule has 2 aromatic carbocycles. The number of amides is 1. The summed E-state index contributed by atoms with van der Waals surface area (Å²) in [7, 11) is 0. The molecule has 0 atom stereocenters. The van der Waals surface area contributed by atoms with Crippen LogP contribution in [0.3, 0.4) is 0 Å². The highest BCUT2D eigenvalue weighted by atomic mass is 32.2. The minimum atomic E-state index is -0.0134. The van der Waals surface area contributed by atoms with Gasteiger partial charge in [-0.15, -0.1) is 23.5 Å². The van der Waals surface area contributed by atoms with Gasteiger partial charge in [-0.1, -0.05) is 50.2 Å². The summed E-state index contributed by atoms with van der Waals surface area (Å²) in [5.41, 5.74) is 4.47. The highest BCUT2D eigenvalue weighted by Gasteiger charge is 2.18. The number of rotatable bonds is 8. The Balaban J connectivity index is 1.51. The second-order valence-electron chi connectivity index (χ2n) is 6.66. The zero-order chi connectivity index (χ0) is 19.1. The van der Waals surface area contributed by atoms with Crippen molar-refractivity contribution in [2.24, 2.45) is 0 Å². The minimum Gasteiger partial charge on any atom is -0.348 e. The standard InChI is InChI=1S/C22H28N2OS2/c1-3-24(4-2)16-18-7-5-17(6-8-18)15-23-21(25)19-9-11-20(12-10-19)22-26-13-14-27-22/h5-12,22H,3-4,13-16H2,1-2H3,(H,23,25). The molecule has 1 aliphatic rings. The number of hydrogen-bond acceptors (Lipinski definition) is 4. The Morgan fingerprint density at radius 3 is 2.15 bits per heavy atom. The van der Waals surface area contributed by atoms with Gasteiger partial charge >= 0.3 is 0 Å². The predicted molar refractivity (Wildman–Crippen MR) is 118 cm³/mol. The van der Waals surface area contributed by atoms with Gasteiger partial charge in [-0.25, -0.2) is 0 Å². The van der Waals surface area contributed by atoms with Crippen molar-refractivity contribution in [3.63, 3.8) is 0 Å². The lowest BCUT2D eigenvalue weighted by atomic mass is 10.1. The van der Waals surface area contributed by atoms with Crippen molar-refractivity contribution in [2.45, 2.75) is 31.5 Å². The lowest BCUT2D eigenvalue weighted by Crippen LogP contribution is -2.23. The van der Waals surface area contributed by atoms with E-state index in [-0.39, 0.29) is 5.91 Å². The second-order valence-corrected chi connectivity index (χ2v) is 9.38. The van der Waals surface area contributed by atoms with Crippen molar-refractivity contribution >= 4 is 29.4 Å². The van der Waals surface area contributed by atoms with Gasteiger partial charge in [0.05, 0.1) is 4.58 Å². The molecular formula is C22H28N2OS2. The predicted octanol–water partition coefficient (Wildman–Crippen LogP) is 4.94. The van der Waals surface area contributed by atoms with Gasteiger partial charge in [0.1, 0.15) is 0 Å². The van der Waals surface area contributed by atoms with Crippen LogP contribution in [0.5, 0.6) is 0 Å². The van der Waals surface area contributed by atoms with Gasteiger partial charge in [0.25, 0.3) is 5.91 Å². The first-order valence-electron chi connectivity index (χ1n) is 9.61. The molecule has 27 heavy (non-hydrogen) atoms. The fourth-order valence-corrected chi connectivity index (χ4v) is 5.95. The van der Waals surface area contributed by atoms with E-state index >= 15 is 0 Å². The van der Waals surface area contributed by atoms with E-state index in [1.54, 1.807) is 0 Å². The third-order valence-electron chi connectivity index (χ3n) is 4.84. The second kappa shape index (κ2) is 10.2. The van der Waals surface area contributed by atoms with Crippen LogP contribution >= 0.6 is 23.5 Å². The van der Waals surface area contributed by atoms with E-state index in [0.717, 1.165) is 30.8 Å². The zero-order valence-electron chi connectivity index (χ0n) is 16.1. The molecule has 0 spiro atoms. The Labute approximate surface area is 171 Å². The monoisotopic (exact) mass is 400 g/mol. The average molecular weight is 401 g/mol. The molecule has 1 fully saturated rings. The summed E-state index contributed by atoms with van der Waals surface area (Å²) in [5.74, 6) is 2.41. The van der Waals surface area contributed by atoms with Gasteiger partial charge in [0, 0.05) is 30.2 Å². The van der Waals surface area contributed by atoms with Crippen LogP contribution < -0.4 is 5.32 Å². The molecule has 0 aliphatic carbocycles. The Morgan fingerprint density at radius 1 is 0.963 bits per heavy atom. The van der Waals surface area contributed by atoms with Crippen LogP contribution in [0.4, 0.5) is 0 Å². The molecule has 3 rings (SSSR count). The molecule has 0 saturated carbocycles. The van der Waals surface area contributed by atoms with Gasteiger partial charge < -0.3 is 5.32 Å². The smallest absolute Gasteiger partial charge is 0.251 e. The molecule has 3 nitrogen and oxygen atoms in total.